The van der Waals surface area contributed by atoms with Gasteiger partial charge in [-0.25, -0.2) is 4.57 Å². The Labute approximate surface area is 112 Å². The lowest BCUT2D eigenvalue weighted by atomic mass is 10.0. The molecule has 92 valence electrons. The number of pyridine rings is 1. The van der Waals surface area contributed by atoms with Gasteiger partial charge in [-0.3, -0.25) is 5.73 Å². The van der Waals surface area contributed by atoms with Gasteiger partial charge in [0.25, 0.3) is 5.82 Å². The minimum atomic E-state index is 0.721. The van der Waals surface area contributed by atoms with Crippen molar-refractivity contribution in [3.05, 3.63) is 72.4 Å². The molecule has 0 bridgehead atoms. The number of benzene rings is 2. The van der Waals surface area contributed by atoms with E-state index in [0.717, 1.165) is 5.82 Å². The Morgan fingerprint density at radius 1 is 0.842 bits per heavy atom. The normalized spacial score (nSPS) is 11.2. The van der Waals surface area contributed by atoms with Crippen LogP contribution in [0.2, 0.25) is 0 Å². The zero-order chi connectivity index (χ0) is 13.1. The third-order valence-electron chi connectivity index (χ3n) is 3.16. The van der Waals surface area contributed by atoms with E-state index in [1.165, 1.54) is 16.3 Å². The molecule has 2 heteroatoms. The molecule has 1 heterocycles. The number of nitrogen functional groups attached to an aromatic ring is 1. The highest BCUT2D eigenvalue weighted by Gasteiger charge is 1.99. The Balaban J connectivity index is 2.04. The molecular formula is C17H15N2+. The maximum absolute atomic E-state index is 5.91. The lowest BCUT2D eigenvalue weighted by molar-refractivity contribution is -0.551. The van der Waals surface area contributed by atoms with Crippen molar-refractivity contribution in [2.75, 3.05) is 5.73 Å². The average Bonchev–Trinajstić information content (AvgIpc) is 2.46. The van der Waals surface area contributed by atoms with Crippen molar-refractivity contribution in [2.45, 2.75) is 0 Å². The van der Waals surface area contributed by atoms with Crippen LogP contribution in [-0.4, -0.2) is 0 Å². The summed E-state index contributed by atoms with van der Waals surface area (Å²) in [4.78, 5) is 0. The predicted molar refractivity (Wildman–Crippen MR) is 80.2 cm³/mol. The van der Waals surface area contributed by atoms with Crippen LogP contribution in [0.1, 0.15) is 5.56 Å². The van der Waals surface area contributed by atoms with E-state index in [2.05, 4.69) is 48.5 Å². The van der Waals surface area contributed by atoms with E-state index in [-0.39, 0.29) is 0 Å². The number of rotatable bonds is 2. The summed E-state index contributed by atoms with van der Waals surface area (Å²) in [6.07, 6.45) is 6.01. The molecule has 0 amide bonds. The molecule has 0 fully saturated rings. The molecule has 0 atom stereocenters. The van der Waals surface area contributed by atoms with Gasteiger partial charge in [0, 0.05) is 6.07 Å². The summed E-state index contributed by atoms with van der Waals surface area (Å²) in [7, 11) is 0. The maximum atomic E-state index is 5.91. The van der Waals surface area contributed by atoms with Gasteiger partial charge in [0.2, 0.25) is 0 Å². The Morgan fingerprint density at radius 3 is 2.53 bits per heavy atom. The fourth-order valence-corrected chi connectivity index (χ4v) is 2.16. The highest BCUT2D eigenvalue weighted by molar-refractivity contribution is 5.91. The highest BCUT2D eigenvalue weighted by atomic mass is 15.0. The number of nitrogens with zero attached hydrogens (tertiary/aromatic N) is 1. The first-order valence-corrected chi connectivity index (χ1v) is 6.26. The summed E-state index contributed by atoms with van der Waals surface area (Å²) in [5.74, 6) is 0.721. The van der Waals surface area contributed by atoms with E-state index < -0.39 is 0 Å². The van der Waals surface area contributed by atoms with E-state index in [9.17, 15) is 0 Å². The molecule has 2 nitrogen and oxygen atoms in total. The van der Waals surface area contributed by atoms with Crippen LogP contribution in [0.25, 0.3) is 23.0 Å². The standard InChI is InChI=1S/C17H14N2/c18-17-10-3-4-12-19(17)13-11-15-8-5-7-14-6-1-2-9-16(14)15/h1-13,18H/p+1. The van der Waals surface area contributed by atoms with Gasteiger partial charge in [0.05, 0.1) is 12.4 Å². The van der Waals surface area contributed by atoms with Crippen molar-refractivity contribution < 1.29 is 4.57 Å². The molecule has 0 spiro atoms. The summed E-state index contributed by atoms with van der Waals surface area (Å²) >= 11 is 0. The zero-order valence-corrected chi connectivity index (χ0v) is 10.5. The molecule has 0 saturated carbocycles. The first-order valence-electron chi connectivity index (χ1n) is 6.26. The SMILES string of the molecule is Nc1cccc[n+]1C=Cc1cccc2ccccc12. The fourth-order valence-electron chi connectivity index (χ4n) is 2.16. The lowest BCUT2D eigenvalue weighted by Gasteiger charge is -2.01. The van der Waals surface area contributed by atoms with E-state index in [0.29, 0.717) is 0 Å². The topological polar surface area (TPSA) is 29.9 Å². The second-order valence-corrected chi connectivity index (χ2v) is 4.42. The van der Waals surface area contributed by atoms with Crippen LogP contribution in [0, 0.1) is 0 Å². The molecular weight excluding hydrogens is 232 g/mol. The van der Waals surface area contributed by atoms with Crippen molar-refractivity contribution in [3.63, 3.8) is 0 Å². The molecule has 0 aliphatic rings. The highest BCUT2D eigenvalue weighted by Crippen LogP contribution is 2.19. The first-order chi connectivity index (χ1) is 9.34. The maximum Gasteiger partial charge on any atom is 0.276 e. The van der Waals surface area contributed by atoms with Crippen LogP contribution in [0.15, 0.2) is 66.9 Å². The van der Waals surface area contributed by atoms with Gasteiger partial charge in [-0.05, 0) is 28.5 Å². The summed E-state index contributed by atoms with van der Waals surface area (Å²) < 4.78 is 1.90. The Bertz CT molecular complexity index is 740. The fraction of sp³-hybridized carbons (Fsp3) is 0. The second kappa shape index (κ2) is 4.94. The van der Waals surface area contributed by atoms with Crippen LogP contribution in [-0.2, 0) is 0 Å². The van der Waals surface area contributed by atoms with Gasteiger partial charge in [-0.15, -0.1) is 0 Å². The molecule has 3 rings (SSSR count). The Morgan fingerprint density at radius 2 is 1.63 bits per heavy atom. The number of hydrogen-bond acceptors (Lipinski definition) is 1. The van der Waals surface area contributed by atoms with Gasteiger partial charge in [-0.1, -0.05) is 48.5 Å². The number of hydrogen-bond donors (Lipinski definition) is 1. The van der Waals surface area contributed by atoms with E-state index in [1.807, 2.05) is 35.2 Å². The summed E-state index contributed by atoms with van der Waals surface area (Å²) in [5, 5.41) is 2.49. The second-order valence-electron chi connectivity index (χ2n) is 4.42. The molecule has 0 aliphatic heterocycles. The smallest absolute Gasteiger partial charge is 0.276 e. The van der Waals surface area contributed by atoms with Crippen LogP contribution in [0.3, 0.4) is 0 Å². The van der Waals surface area contributed by atoms with Crippen LogP contribution in [0.4, 0.5) is 5.82 Å². The van der Waals surface area contributed by atoms with Gasteiger partial charge in [-0.2, -0.15) is 0 Å². The summed E-state index contributed by atoms with van der Waals surface area (Å²) in [6.45, 7) is 0. The summed E-state index contributed by atoms with van der Waals surface area (Å²) in [6, 6.07) is 20.4. The predicted octanol–water partition coefficient (Wildman–Crippen LogP) is 3.34. The quantitative estimate of drug-likeness (QED) is 0.692. The van der Waals surface area contributed by atoms with E-state index in [4.69, 9.17) is 5.73 Å². The third kappa shape index (κ3) is 2.33. The minimum absolute atomic E-state index is 0.721. The molecule has 0 radical (unpaired) electrons. The van der Waals surface area contributed by atoms with Crippen molar-refractivity contribution in [3.8, 4) is 0 Å². The van der Waals surface area contributed by atoms with Gasteiger partial charge >= 0.3 is 0 Å². The van der Waals surface area contributed by atoms with Crippen molar-refractivity contribution in [2.24, 2.45) is 0 Å². The molecule has 2 N–H and O–H groups in total. The molecule has 2 aromatic carbocycles. The lowest BCUT2D eigenvalue weighted by Crippen LogP contribution is -2.29. The molecule has 3 aromatic rings. The van der Waals surface area contributed by atoms with Gasteiger partial charge < -0.3 is 0 Å². The monoisotopic (exact) mass is 247 g/mol. The average molecular weight is 247 g/mol. The number of anilines is 1. The molecule has 0 unspecified atom stereocenters. The number of nitrogens with two attached hydrogens (primary N) is 1. The van der Waals surface area contributed by atoms with E-state index >= 15 is 0 Å². The zero-order valence-electron chi connectivity index (χ0n) is 10.5. The van der Waals surface area contributed by atoms with Crippen LogP contribution < -0.4 is 10.3 Å². The molecule has 19 heavy (non-hydrogen) atoms. The van der Waals surface area contributed by atoms with Crippen LogP contribution in [0.5, 0.6) is 0 Å². The molecule has 0 saturated heterocycles. The van der Waals surface area contributed by atoms with Crippen molar-refractivity contribution in [1.29, 1.82) is 0 Å². The number of aromatic nitrogens is 1. The largest absolute Gasteiger partial charge is 0.287 e. The third-order valence-corrected chi connectivity index (χ3v) is 3.16. The Hall–Kier alpha value is -2.61. The Kier molecular flexibility index (Phi) is 2.99. The van der Waals surface area contributed by atoms with Gasteiger partial charge in [0.1, 0.15) is 0 Å². The van der Waals surface area contributed by atoms with Crippen molar-refractivity contribution >= 4 is 28.9 Å². The van der Waals surface area contributed by atoms with Crippen LogP contribution >= 0.6 is 0 Å². The summed E-state index contributed by atoms with van der Waals surface area (Å²) in [5.41, 5.74) is 7.10. The van der Waals surface area contributed by atoms with Gasteiger partial charge in [0.15, 0.2) is 0 Å². The molecule has 0 aliphatic carbocycles. The molecule has 1 aromatic heterocycles. The van der Waals surface area contributed by atoms with Crippen molar-refractivity contribution in [1.82, 2.24) is 0 Å². The number of fused-ring (bicyclic) bond motifs is 1. The minimum Gasteiger partial charge on any atom is -0.287 e. The van der Waals surface area contributed by atoms with E-state index in [1.54, 1.807) is 0 Å². The first kappa shape index (κ1) is 11.5.